The predicted molar refractivity (Wildman–Crippen MR) is 106 cm³/mol. The molecule has 29 heavy (non-hydrogen) atoms. The third kappa shape index (κ3) is 3.63. The average Bonchev–Trinajstić information content (AvgIpc) is 3.06. The normalized spacial score (nSPS) is 17.0. The zero-order chi connectivity index (χ0) is 19.8. The van der Waals surface area contributed by atoms with Gasteiger partial charge in [0.1, 0.15) is 23.9 Å². The zero-order valence-electron chi connectivity index (χ0n) is 16.3. The Hall–Kier alpha value is -2.77. The largest absolute Gasteiger partial charge is 0.473 e. The summed E-state index contributed by atoms with van der Waals surface area (Å²) >= 11 is 0. The van der Waals surface area contributed by atoms with Crippen molar-refractivity contribution in [2.24, 2.45) is 0 Å². The number of ether oxygens (including phenoxy) is 1. The summed E-state index contributed by atoms with van der Waals surface area (Å²) in [5.74, 6) is 1.01. The number of pyridine rings is 1. The summed E-state index contributed by atoms with van der Waals surface area (Å²) < 4.78 is 24.6. The highest BCUT2D eigenvalue weighted by Gasteiger charge is 2.28. The van der Waals surface area contributed by atoms with Gasteiger partial charge in [-0.3, -0.25) is 4.90 Å². The van der Waals surface area contributed by atoms with Gasteiger partial charge in [-0.1, -0.05) is 11.2 Å². The number of nitrogens with zero attached hydrogens (tertiary/aromatic N) is 3. The Balaban J connectivity index is 1.30. The molecule has 3 aromatic rings. The number of aromatic nitrogens is 2. The predicted octanol–water partition coefficient (Wildman–Crippen LogP) is 3.09. The Kier molecular flexibility index (Phi) is 4.77. The molecule has 0 atom stereocenters. The van der Waals surface area contributed by atoms with Gasteiger partial charge >= 0.3 is 0 Å². The monoisotopic (exact) mass is 394 g/mol. The number of benzene rings is 1. The molecule has 0 unspecified atom stereocenters. The van der Waals surface area contributed by atoms with Crippen molar-refractivity contribution in [3.05, 3.63) is 64.8 Å². The van der Waals surface area contributed by atoms with Crippen molar-refractivity contribution < 1.29 is 13.7 Å². The van der Waals surface area contributed by atoms with Crippen LogP contribution in [-0.2, 0) is 19.6 Å². The van der Waals surface area contributed by atoms with Crippen LogP contribution in [-0.4, -0.2) is 40.7 Å². The fraction of sp³-hybridized carbons (Fsp3) is 0.364. The maximum Gasteiger partial charge on any atom is 0.213 e. The molecule has 4 heterocycles. The number of rotatable bonds is 5. The molecule has 2 aromatic heterocycles. The van der Waals surface area contributed by atoms with Gasteiger partial charge in [0, 0.05) is 50.3 Å². The molecule has 2 aliphatic heterocycles. The van der Waals surface area contributed by atoms with Gasteiger partial charge in [0.15, 0.2) is 0 Å². The minimum absolute atomic E-state index is 0.280. The fourth-order valence-corrected chi connectivity index (χ4v) is 3.88. The lowest BCUT2D eigenvalue weighted by Crippen LogP contribution is -2.58. The Bertz CT molecular complexity index is 1010. The SMILES string of the molecule is Cc1onc(-c2ccc(F)cc2)c1COc1ccc2c(n1)CCN(C1CNC1)C2. The van der Waals surface area contributed by atoms with E-state index in [1.165, 1.54) is 17.7 Å². The molecule has 7 heteroatoms. The minimum atomic E-state index is -0.280. The summed E-state index contributed by atoms with van der Waals surface area (Å²) in [5, 5.41) is 7.46. The molecular weight excluding hydrogens is 371 g/mol. The molecule has 0 saturated carbocycles. The van der Waals surface area contributed by atoms with Crippen LogP contribution in [0, 0.1) is 12.7 Å². The topological polar surface area (TPSA) is 63.4 Å². The first-order valence-electron chi connectivity index (χ1n) is 9.95. The van der Waals surface area contributed by atoms with E-state index in [1.807, 2.05) is 13.0 Å². The smallest absolute Gasteiger partial charge is 0.213 e. The molecule has 150 valence electrons. The fourth-order valence-electron chi connectivity index (χ4n) is 3.88. The summed E-state index contributed by atoms with van der Waals surface area (Å²) in [6.45, 7) is 6.30. The second kappa shape index (κ2) is 7.57. The lowest BCUT2D eigenvalue weighted by atomic mass is 10.0. The van der Waals surface area contributed by atoms with E-state index in [-0.39, 0.29) is 5.82 Å². The van der Waals surface area contributed by atoms with Crippen LogP contribution in [0.5, 0.6) is 5.88 Å². The summed E-state index contributed by atoms with van der Waals surface area (Å²) in [6.07, 6.45) is 0.941. The number of hydrogen-bond donors (Lipinski definition) is 1. The summed E-state index contributed by atoms with van der Waals surface area (Å²) in [5.41, 5.74) is 4.71. The van der Waals surface area contributed by atoms with Crippen molar-refractivity contribution >= 4 is 0 Å². The van der Waals surface area contributed by atoms with E-state index in [2.05, 4.69) is 21.4 Å². The van der Waals surface area contributed by atoms with Crippen LogP contribution in [0.1, 0.15) is 22.6 Å². The molecule has 5 rings (SSSR count). The van der Waals surface area contributed by atoms with Crippen LogP contribution in [0.3, 0.4) is 0 Å². The van der Waals surface area contributed by atoms with Crippen molar-refractivity contribution in [3.8, 4) is 17.1 Å². The standard InChI is InChI=1S/C22H23FN4O2/c1-14-19(22(26-29-14)15-2-5-17(23)6-3-15)13-28-21-7-4-16-12-27(18-10-24-11-18)9-8-20(16)25-21/h2-7,18,24H,8-13H2,1H3. The van der Waals surface area contributed by atoms with Gasteiger partial charge in [-0.25, -0.2) is 9.37 Å². The van der Waals surface area contributed by atoms with Crippen LogP contribution < -0.4 is 10.1 Å². The highest BCUT2D eigenvalue weighted by atomic mass is 19.1. The highest BCUT2D eigenvalue weighted by molar-refractivity contribution is 5.63. The molecule has 2 aliphatic rings. The van der Waals surface area contributed by atoms with Crippen LogP contribution in [0.4, 0.5) is 4.39 Å². The lowest BCUT2D eigenvalue weighted by Gasteiger charge is -2.40. The summed E-state index contributed by atoms with van der Waals surface area (Å²) in [4.78, 5) is 7.25. The molecule has 0 amide bonds. The van der Waals surface area contributed by atoms with Crippen molar-refractivity contribution in [3.63, 3.8) is 0 Å². The Morgan fingerprint density at radius 3 is 2.79 bits per heavy atom. The van der Waals surface area contributed by atoms with Crippen molar-refractivity contribution in [1.82, 2.24) is 20.4 Å². The van der Waals surface area contributed by atoms with E-state index in [4.69, 9.17) is 14.2 Å². The van der Waals surface area contributed by atoms with E-state index in [9.17, 15) is 4.39 Å². The van der Waals surface area contributed by atoms with E-state index in [1.54, 1.807) is 12.1 Å². The van der Waals surface area contributed by atoms with E-state index in [0.717, 1.165) is 49.4 Å². The molecule has 6 nitrogen and oxygen atoms in total. The second-order valence-corrected chi connectivity index (χ2v) is 7.65. The van der Waals surface area contributed by atoms with Gasteiger partial charge in [-0.2, -0.15) is 0 Å². The van der Waals surface area contributed by atoms with Gasteiger partial charge in [0.05, 0.1) is 11.3 Å². The summed E-state index contributed by atoms with van der Waals surface area (Å²) in [6, 6.07) is 10.9. The van der Waals surface area contributed by atoms with Gasteiger partial charge in [0.2, 0.25) is 5.88 Å². The van der Waals surface area contributed by atoms with Crippen molar-refractivity contribution in [2.75, 3.05) is 19.6 Å². The molecule has 1 N–H and O–H groups in total. The van der Waals surface area contributed by atoms with E-state index >= 15 is 0 Å². The van der Waals surface area contributed by atoms with E-state index < -0.39 is 0 Å². The number of hydrogen-bond acceptors (Lipinski definition) is 6. The van der Waals surface area contributed by atoms with Crippen molar-refractivity contribution in [1.29, 1.82) is 0 Å². The summed E-state index contributed by atoms with van der Waals surface area (Å²) in [7, 11) is 0. The Morgan fingerprint density at radius 2 is 2.03 bits per heavy atom. The first-order chi connectivity index (χ1) is 14.2. The Morgan fingerprint density at radius 1 is 1.21 bits per heavy atom. The van der Waals surface area contributed by atoms with Crippen LogP contribution in [0.2, 0.25) is 0 Å². The molecule has 0 spiro atoms. The van der Waals surface area contributed by atoms with Gasteiger partial charge in [-0.15, -0.1) is 0 Å². The number of nitrogens with one attached hydrogen (secondary N) is 1. The van der Waals surface area contributed by atoms with E-state index in [0.29, 0.717) is 30.0 Å². The molecule has 1 aromatic carbocycles. The number of fused-ring (bicyclic) bond motifs is 1. The Labute approximate surface area is 168 Å². The van der Waals surface area contributed by atoms with Crippen LogP contribution >= 0.6 is 0 Å². The quantitative estimate of drug-likeness (QED) is 0.718. The third-order valence-electron chi connectivity index (χ3n) is 5.80. The molecule has 1 fully saturated rings. The number of aryl methyl sites for hydroxylation is 1. The van der Waals surface area contributed by atoms with Gasteiger partial charge in [-0.05, 0) is 36.8 Å². The molecule has 0 radical (unpaired) electrons. The van der Waals surface area contributed by atoms with Gasteiger partial charge in [0.25, 0.3) is 0 Å². The van der Waals surface area contributed by atoms with Crippen LogP contribution in [0.15, 0.2) is 40.9 Å². The number of halogens is 1. The maximum atomic E-state index is 13.2. The average molecular weight is 394 g/mol. The molecule has 0 aliphatic carbocycles. The third-order valence-corrected chi connectivity index (χ3v) is 5.80. The lowest BCUT2D eigenvalue weighted by molar-refractivity contribution is 0.130. The zero-order valence-corrected chi connectivity index (χ0v) is 16.3. The first-order valence-corrected chi connectivity index (χ1v) is 9.95. The van der Waals surface area contributed by atoms with Crippen LogP contribution in [0.25, 0.3) is 11.3 Å². The molecular formula is C22H23FN4O2. The minimum Gasteiger partial charge on any atom is -0.473 e. The second-order valence-electron chi connectivity index (χ2n) is 7.65. The van der Waals surface area contributed by atoms with Gasteiger partial charge < -0.3 is 14.6 Å². The molecule has 0 bridgehead atoms. The molecule has 1 saturated heterocycles. The highest BCUT2D eigenvalue weighted by Crippen LogP contribution is 2.27. The van der Waals surface area contributed by atoms with Crippen molar-refractivity contribution in [2.45, 2.75) is 32.5 Å². The first kappa shape index (κ1) is 18.3. The maximum absolute atomic E-state index is 13.2.